The number of rotatable bonds is 7. The van der Waals surface area contributed by atoms with Crippen LogP contribution in [0.15, 0.2) is 16.7 Å². The van der Waals surface area contributed by atoms with Gasteiger partial charge in [0.2, 0.25) is 5.91 Å². The summed E-state index contributed by atoms with van der Waals surface area (Å²) in [7, 11) is 1.56. The van der Waals surface area contributed by atoms with Crippen LogP contribution in [0.3, 0.4) is 0 Å². The SMILES string of the molecule is COCCNC(=O)CNC(=O)c1cc(C)n(-c2cc(C)on2)c1C. The number of aromatic nitrogens is 2. The first-order valence-corrected chi connectivity index (χ1v) is 7.60. The van der Waals surface area contributed by atoms with E-state index in [4.69, 9.17) is 9.26 Å². The van der Waals surface area contributed by atoms with Crippen LogP contribution in [0.1, 0.15) is 27.5 Å². The van der Waals surface area contributed by atoms with Gasteiger partial charge in [0, 0.05) is 31.1 Å². The number of carbonyl (C=O) groups excluding carboxylic acids is 2. The fourth-order valence-corrected chi connectivity index (χ4v) is 2.41. The number of carbonyl (C=O) groups is 2. The van der Waals surface area contributed by atoms with Crippen molar-refractivity contribution in [2.24, 2.45) is 0 Å². The first kappa shape index (κ1) is 17.7. The lowest BCUT2D eigenvalue weighted by atomic mass is 10.2. The second-order valence-electron chi connectivity index (χ2n) is 5.44. The zero-order chi connectivity index (χ0) is 17.7. The summed E-state index contributed by atoms with van der Waals surface area (Å²) in [6.07, 6.45) is 0. The van der Waals surface area contributed by atoms with Gasteiger partial charge in [0.05, 0.1) is 18.7 Å². The molecule has 0 aliphatic heterocycles. The number of ether oxygens (including phenoxy) is 1. The van der Waals surface area contributed by atoms with Crippen LogP contribution in [0, 0.1) is 20.8 Å². The van der Waals surface area contributed by atoms with Crippen molar-refractivity contribution in [2.75, 3.05) is 26.8 Å². The lowest BCUT2D eigenvalue weighted by Gasteiger charge is -2.07. The molecule has 0 spiro atoms. The summed E-state index contributed by atoms with van der Waals surface area (Å²) >= 11 is 0. The zero-order valence-corrected chi connectivity index (χ0v) is 14.3. The molecule has 2 aromatic heterocycles. The first-order chi connectivity index (χ1) is 11.4. The summed E-state index contributed by atoms with van der Waals surface area (Å²) < 4.78 is 11.8. The Hall–Kier alpha value is -2.61. The largest absolute Gasteiger partial charge is 0.383 e. The predicted octanol–water partition coefficient (Wildman–Crippen LogP) is 0.883. The van der Waals surface area contributed by atoms with E-state index in [1.807, 2.05) is 18.4 Å². The number of nitrogens with one attached hydrogen (secondary N) is 2. The van der Waals surface area contributed by atoms with Crippen molar-refractivity contribution < 1.29 is 18.8 Å². The summed E-state index contributed by atoms with van der Waals surface area (Å²) in [6, 6.07) is 3.56. The molecule has 0 saturated carbocycles. The van der Waals surface area contributed by atoms with E-state index in [1.54, 1.807) is 26.2 Å². The van der Waals surface area contributed by atoms with Crippen LogP contribution in [-0.2, 0) is 9.53 Å². The number of nitrogens with zero attached hydrogens (tertiary/aromatic N) is 2. The molecule has 0 radical (unpaired) electrons. The molecule has 0 bridgehead atoms. The molecule has 0 unspecified atom stereocenters. The minimum atomic E-state index is -0.309. The van der Waals surface area contributed by atoms with Crippen LogP contribution < -0.4 is 10.6 Å². The molecule has 0 aromatic carbocycles. The second kappa shape index (κ2) is 7.78. The monoisotopic (exact) mass is 334 g/mol. The highest BCUT2D eigenvalue weighted by molar-refractivity contribution is 5.97. The van der Waals surface area contributed by atoms with E-state index in [0.717, 1.165) is 11.4 Å². The van der Waals surface area contributed by atoms with Crippen molar-refractivity contribution >= 4 is 11.8 Å². The fraction of sp³-hybridized carbons (Fsp3) is 0.438. The molecule has 0 aliphatic rings. The molecule has 2 aromatic rings. The molecule has 0 fully saturated rings. The van der Waals surface area contributed by atoms with Gasteiger partial charge in [0.15, 0.2) is 5.82 Å². The molecule has 2 N–H and O–H groups in total. The topological polar surface area (TPSA) is 98.4 Å². The molecular formula is C16H22N4O4. The van der Waals surface area contributed by atoms with E-state index in [1.165, 1.54) is 0 Å². The van der Waals surface area contributed by atoms with Gasteiger partial charge >= 0.3 is 0 Å². The van der Waals surface area contributed by atoms with Gasteiger partial charge in [-0.25, -0.2) is 0 Å². The Labute approximate surface area is 140 Å². The highest BCUT2D eigenvalue weighted by atomic mass is 16.5. The third-order valence-corrected chi connectivity index (χ3v) is 3.56. The summed E-state index contributed by atoms with van der Waals surface area (Å²) in [4.78, 5) is 24.0. The Morgan fingerprint density at radius 2 is 2.00 bits per heavy atom. The fourth-order valence-electron chi connectivity index (χ4n) is 2.41. The zero-order valence-electron chi connectivity index (χ0n) is 14.3. The van der Waals surface area contributed by atoms with Gasteiger partial charge in [-0.2, -0.15) is 0 Å². The van der Waals surface area contributed by atoms with E-state index < -0.39 is 0 Å². The summed E-state index contributed by atoms with van der Waals surface area (Å²) in [6.45, 7) is 6.26. The van der Waals surface area contributed by atoms with Gasteiger partial charge in [0.1, 0.15) is 5.76 Å². The Morgan fingerprint density at radius 3 is 2.62 bits per heavy atom. The van der Waals surface area contributed by atoms with Gasteiger partial charge in [-0.1, -0.05) is 5.16 Å². The third kappa shape index (κ3) is 4.02. The first-order valence-electron chi connectivity index (χ1n) is 7.60. The van der Waals surface area contributed by atoms with Gasteiger partial charge in [0.25, 0.3) is 5.91 Å². The average Bonchev–Trinajstić information content (AvgIpc) is 3.08. The maximum absolute atomic E-state index is 12.3. The Bertz CT molecular complexity index is 733. The molecule has 2 amide bonds. The highest BCUT2D eigenvalue weighted by Gasteiger charge is 2.18. The summed E-state index contributed by atoms with van der Waals surface area (Å²) in [5.41, 5.74) is 2.09. The minimum absolute atomic E-state index is 0.0880. The van der Waals surface area contributed by atoms with Gasteiger partial charge in [-0.3, -0.25) is 14.2 Å². The van der Waals surface area contributed by atoms with Gasteiger partial charge in [-0.05, 0) is 26.8 Å². The van der Waals surface area contributed by atoms with Gasteiger partial charge in [-0.15, -0.1) is 0 Å². The predicted molar refractivity (Wildman–Crippen MR) is 87.3 cm³/mol. The Kier molecular flexibility index (Phi) is 5.75. The number of hydrogen-bond acceptors (Lipinski definition) is 5. The minimum Gasteiger partial charge on any atom is -0.383 e. The number of hydrogen-bond donors (Lipinski definition) is 2. The third-order valence-electron chi connectivity index (χ3n) is 3.56. The normalized spacial score (nSPS) is 10.7. The van der Waals surface area contributed by atoms with Crippen molar-refractivity contribution in [1.29, 1.82) is 0 Å². The molecule has 8 nitrogen and oxygen atoms in total. The van der Waals surface area contributed by atoms with Crippen molar-refractivity contribution in [3.63, 3.8) is 0 Å². The van der Waals surface area contributed by atoms with Crippen LogP contribution in [0.4, 0.5) is 0 Å². The number of aryl methyl sites for hydroxylation is 2. The van der Waals surface area contributed by atoms with Crippen molar-refractivity contribution in [3.05, 3.63) is 34.8 Å². The Morgan fingerprint density at radius 1 is 1.25 bits per heavy atom. The van der Waals surface area contributed by atoms with E-state index in [0.29, 0.717) is 30.3 Å². The molecule has 0 atom stereocenters. The molecule has 0 aliphatic carbocycles. The second-order valence-corrected chi connectivity index (χ2v) is 5.44. The number of methoxy groups -OCH3 is 1. The van der Waals surface area contributed by atoms with Crippen LogP contribution in [-0.4, -0.2) is 48.3 Å². The van der Waals surface area contributed by atoms with E-state index in [9.17, 15) is 9.59 Å². The smallest absolute Gasteiger partial charge is 0.253 e. The van der Waals surface area contributed by atoms with Crippen LogP contribution in [0.2, 0.25) is 0 Å². The molecule has 2 rings (SSSR count). The Balaban J connectivity index is 2.04. The van der Waals surface area contributed by atoms with E-state index >= 15 is 0 Å². The van der Waals surface area contributed by atoms with Crippen molar-refractivity contribution in [3.8, 4) is 5.82 Å². The lowest BCUT2D eigenvalue weighted by Crippen LogP contribution is -2.38. The molecule has 24 heavy (non-hydrogen) atoms. The highest BCUT2D eigenvalue weighted by Crippen LogP contribution is 2.20. The van der Waals surface area contributed by atoms with E-state index in [-0.39, 0.29) is 18.4 Å². The van der Waals surface area contributed by atoms with Crippen molar-refractivity contribution in [2.45, 2.75) is 20.8 Å². The van der Waals surface area contributed by atoms with Crippen LogP contribution in [0.5, 0.6) is 0 Å². The number of amides is 2. The van der Waals surface area contributed by atoms with E-state index in [2.05, 4.69) is 15.8 Å². The molecular weight excluding hydrogens is 312 g/mol. The summed E-state index contributed by atoms with van der Waals surface area (Å²) in [5.74, 6) is 0.743. The van der Waals surface area contributed by atoms with Crippen LogP contribution in [0.25, 0.3) is 5.82 Å². The molecule has 2 heterocycles. The maximum Gasteiger partial charge on any atom is 0.253 e. The summed E-state index contributed by atoms with van der Waals surface area (Å²) in [5, 5.41) is 9.24. The van der Waals surface area contributed by atoms with Crippen LogP contribution >= 0.6 is 0 Å². The maximum atomic E-state index is 12.3. The van der Waals surface area contributed by atoms with Gasteiger partial charge < -0.3 is 19.9 Å². The van der Waals surface area contributed by atoms with Crippen molar-refractivity contribution in [1.82, 2.24) is 20.4 Å². The molecule has 0 saturated heterocycles. The lowest BCUT2D eigenvalue weighted by molar-refractivity contribution is -0.120. The standard InChI is InChI=1S/C16H22N4O4/c1-10-7-13(12(3)20(10)14-8-11(2)24-19-14)16(22)18-9-15(21)17-5-6-23-4/h7-8H,5-6,9H2,1-4H3,(H,17,21)(H,18,22). The quantitative estimate of drug-likeness (QED) is 0.733. The average molecular weight is 334 g/mol. The molecule has 130 valence electrons. The molecule has 8 heteroatoms.